The Morgan fingerprint density at radius 2 is 2.05 bits per heavy atom. The van der Waals surface area contributed by atoms with E-state index in [1.54, 1.807) is 0 Å². The van der Waals surface area contributed by atoms with Gasteiger partial charge in [-0.3, -0.25) is 4.79 Å². The van der Waals surface area contributed by atoms with Gasteiger partial charge in [-0.2, -0.15) is 0 Å². The van der Waals surface area contributed by atoms with Crippen LogP contribution in [-0.4, -0.2) is 30.3 Å². The topological polar surface area (TPSA) is 58.6 Å². The van der Waals surface area contributed by atoms with Crippen LogP contribution in [0.5, 0.6) is 0 Å². The molecular formula is C17H25NO3. The number of aryl methyl sites for hydroxylation is 1. The minimum absolute atomic E-state index is 0.185. The molecule has 0 bridgehead atoms. The minimum atomic E-state index is -0.694. The van der Waals surface area contributed by atoms with Crippen molar-refractivity contribution in [1.82, 2.24) is 5.32 Å². The van der Waals surface area contributed by atoms with Crippen molar-refractivity contribution in [1.29, 1.82) is 0 Å². The average Bonchev–Trinajstić information content (AvgIpc) is 3.31. The lowest BCUT2D eigenvalue weighted by atomic mass is 9.97. The number of hydrogen-bond acceptors (Lipinski definition) is 4. The summed E-state index contributed by atoms with van der Waals surface area (Å²) in [6.45, 7) is 2.15. The Kier molecular flexibility index (Phi) is 5.76. The van der Waals surface area contributed by atoms with Crippen LogP contribution in [0, 0.1) is 0 Å². The molecule has 1 aromatic rings. The first-order chi connectivity index (χ1) is 10.1. The van der Waals surface area contributed by atoms with Crippen LogP contribution in [0.1, 0.15) is 49.8 Å². The van der Waals surface area contributed by atoms with Crippen LogP contribution < -0.4 is 5.32 Å². The third-order valence-electron chi connectivity index (χ3n) is 3.88. The van der Waals surface area contributed by atoms with Crippen LogP contribution in [0.2, 0.25) is 0 Å². The molecule has 4 heteroatoms. The molecule has 0 aliphatic heterocycles. The summed E-state index contributed by atoms with van der Waals surface area (Å²) in [4.78, 5) is 11.5. The minimum Gasteiger partial charge on any atom is -0.469 e. The van der Waals surface area contributed by atoms with Gasteiger partial charge in [-0.15, -0.1) is 0 Å². The number of methoxy groups -OCH3 is 1. The molecule has 0 aromatic heterocycles. The molecule has 1 aliphatic rings. The summed E-state index contributed by atoms with van der Waals surface area (Å²) in [6.07, 6.45) is 3.86. The zero-order valence-electron chi connectivity index (χ0n) is 12.8. The van der Waals surface area contributed by atoms with Gasteiger partial charge in [-0.1, -0.05) is 37.6 Å². The second kappa shape index (κ2) is 7.57. The lowest BCUT2D eigenvalue weighted by molar-refractivity contribution is -0.142. The molecule has 0 spiro atoms. The summed E-state index contributed by atoms with van der Waals surface area (Å²) >= 11 is 0. The number of hydrogen-bond donors (Lipinski definition) is 2. The molecule has 21 heavy (non-hydrogen) atoms. The first-order valence-corrected chi connectivity index (χ1v) is 7.73. The fraction of sp³-hybridized carbons (Fsp3) is 0.588. The first-order valence-electron chi connectivity index (χ1n) is 7.73. The summed E-state index contributed by atoms with van der Waals surface area (Å²) in [6, 6.07) is 8.14. The average molecular weight is 291 g/mol. The second-order valence-corrected chi connectivity index (χ2v) is 5.76. The van der Waals surface area contributed by atoms with E-state index in [2.05, 4.69) is 12.2 Å². The van der Waals surface area contributed by atoms with Crippen LogP contribution >= 0.6 is 0 Å². The van der Waals surface area contributed by atoms with Gasteiger partial charge in [0, 0.05) is 12.1 Å². The number of aliphatic hydroxyl groups excluding tert-OH is 1. The number of nitrogens with one attached hydrogen (secondary N) is 1. The van der Waals surface area contributed by atoms with Crippen molar-refractivity contribution in [2.24, 2.45) is 0 Å². The number of carbonyl (C=O) groups is 1. The SMILES string of the molecule is CCCc1ccc(C(O)C(CC(=O)OC)NC2CC2)cc1. The van der Waals surface area contributed by atoms with Gasteiger partial charge in [0.2, 0.25) is 0 Å². The number of benzene rings is 1. The van der Waals surface area contributed by atoms with Crippen molar-refractivity contribution in [3.8, 4) is 0 Å². The van der Waals surface area contributed by atoms with E-state index in [0.29, 0.717) is 6.04 Å². The Bertz CT molecular complexity index is 454. The van der Waals surface area contributed by atoms with Gasteiger partial charge < -0.3 is 15.2 Å². The van der Waals surface area contributed by atoms with E-state index in [9.17, 15) is 9.90 Å². The van der Waals surface area contributed by atoms with Crippen LogP contribution in [0.4, 0.5) is 0 Å². The first kappa shape index (κ1) is 16.0. The summed E-state index contributed by atoms with van der Waals surface area (Å²) in [5, 5.41) is 13.9. The monoisotopic (exact) mass is 291 g/mol. The molecule has 1 saturated carbocycles. The smallest absolute Gasteiger partial charge is 0.307 e. The molecule has 4 nitrogen and oxygen atoms in total. The van der Waals surface area contributed by atoms with Gasteiger partial charge in [0.1, 0.15) is 0 Å². The number of rotatable bonds is 8. The molecule has 2 N–H and O–H groups in total. The van der Waals surface area contributed by atoms with Gasteiger partial charge in [-0.05, 0) is 30.4 Å². The quantitative estimate of drug-likeness (QED) is 0.722. The molecule has 0 heterocycles. The summed E-state index contributed by atoms with van der Waals surface area (Å²) in [5.41, 5.74) is 2.12. The van der Waals surface area contributed by atoms with E-state index in [-0.39, 0.29) is 18.4 Å². The molecule has 2 rings (SSSR count). The third-order valence-corrected chi connectivity index (χ3v) is 3.88. The van der Waals surface area contributed by atoms with Crippen LogP contribution in [0.25, 0.3) is 0 Å². The van der Waals surface area contributed by atoms with Crippen molar-refractivity contribution >= 4 is 5.97 Å². The van der Waals surface area contributed by atoms with Crippen molar-refractivity contribution in [2.45, 2.75) is 57.2 Å². The Morgan fingerprint density at radius 3 is 2.57 bits per heavy atom. The molecule has 0 amide bonds. The highest BCUT2D eigenvalue weighted by Gasteiger charge is 2.30. The predicted octanol–water partition coefficient (Wildman–Crippen LogP) is 2.36. The van der Waals surface area contributed by atoms with Crippen LogP contribution in [0.15, 0.2) is 24.3 Å². The van der Waals surface area contributed by atoms with Gasteiger partial charge >= 0.3 is 5.97 Å². The maximum Gasteiger partial charge on any atom is 0.307 e. The molecule has 2 unspecified atom stereocenters. The molecule has 0 radical (unpaired) electrons. The highest BCUT2D eigenvalue weighted by atomic mass is 16.5. The van der Waals surface area contributed by atoms with E-state index >= 15 is 0 Å². The standard InChI is InChI=1S/C17H25NO3/c1-3-4-12-5-7-13(8-6-12)17(20)15(11-16(19)21-2)18-14-9-10-14/h5-8,14-15,17-18,20H,3-4,9-11H2,1-2H3. The van der Waals surface area contributed by atoms with Crippen molar-refractivity contribution in [3.05, 3.63) is 35.4 Å². The largest absolute Gasteiger partial charge is 0.469 e. The number of ether oxygens (including phenoxy) is 1. The number of aliphatic hydroxyl groups is 1. The zero-order valence-corrected chi connectivity index (χ0v) is 12.8. The van der Waals surface area contributed by atoms with E-state index in [0.717, 1.165) is 31.2 Å². The van der Waals surface area contributed by atoms with Crippen molar-refractivity contribution in [2.75, 3.05) is 7.11 Å². The highest BCUT2D eigenvalue weighted by Crippen LogP contribution is 2.26. The Hall–Kier alpha value is -1.39. The molecule has 1 aromatic carbocycles. The number of carbonyl (C=O) groups excluding carboxylic acids is 1. The molecule has 116 valence electrons. The number of esters is 1. The van der Waals surface area contributed by atoms with Crippen LogP contribution in [0.3, 0.4) is 0 Å². The maximum absolute atomic E-state index is 11.5. The molecule has 1 aliphatic carbocycles. The second-order valence-electron chi connectivity index (χ2n) is 5.76. The van der Waals surface area contributed by atoms with E-state index < -0.39 is 6.10 Å². The summed E-state index contributed by atoms with van der Waals surface area (Å²) < 4.78 is 4.73. The van der Waals surface area contributed by atoms with Crippen LogP contribution in [-0.2, 0) is 16.0 Å². The highest BCUT2D eigenvalue weighted by molar-refractivity contribution is 5.70. The normalized spacial score (nSPS) is 17.3. The molecule has 0 saturated heterocycles. The molecule has 2 atom stereocenters. The zero-order chi connectivity index (χ0) is 15.2. The maximum atomic E-state index is 11.5. The van der Waals surface area contributed by atoms with Crippen molar-refractivity contribution < 1.29 is 14.6 Å². The third kappa shape index (κ3) is 4.83. The van der Waals surface area contributed by atoms with Gasteiger partial charge in [-0.25, -0.2) is 0 Å². The van der Waals surface area contributed by atoms with Gasteiger partial charge in [0.25, 0.3) is 0 Å². The Labute approximate surface area is 126 Å². The van der Waals surface area contributed by atoms with E-state index in [1.165, 1.54) is 12.7 Å². The van der Waals surface area contributed by atoms with Crippen molar-refractivity contribution in [3.63, 3.8) is 0 Å². The Balaban J connectivity index is 2.04. The predicted molar refractivity (Wildman–Crippen MR) is 82.0 cm³/mol. The van der Waals surface area contributed by atoms with Gasteiger partial charge in [0.05, 0.1) is 19.6 Å². The molecular weight excluding hydrogens is 266 g/mol. The fourth-order valence-corrected chi connectivity index (χ4v) is 2.48. The summed E-state index contributed by atoms with van der Waals surface area (Å²) in [5.74, 6) is -0.296. The fourth-order valence-electron chi connectivity index (χ4n) is 2.48. The Morgan fingerprint density at radius 1 is 1.38 bits per heavy atom. The van der Waals surface area contributed by atoms with Gasteiger partial charge in [0.15, 0.2) is 0 Å². The lowest BCUT2D eigenvalue weighted by Crippen LogP contribution is -2.38. The molecule has 1 fully saturated rings. The van der Waals surface area contributed by atoms with E-state index in [4.69, 9.17) is 4.74 Å². The van der Waals surface area contributed by atoms with E-state index in [1.807, 2.05) is 24.3 Å². The summed E-state index contributed by atoms with van der Waals surface area (Å²) in [7, 11) is 1.38. The lowest BCUT2D eigenvalue weighted by Gasteiger charge is -2.24.